The summed E-state index contributed by atoms with van der Waals surface area (Å²) in [6.45, 7) is 2.15. The first-order valence-electron chi connectivity index (χ1n) is 5.34. The van der Waals surface area contributed by atoms with Gasteiger partial charge in [0.15, 0.2) is 0 Å². The van der Waals surface area contributed by atoms with Gasteiger partial charge in [-0.2, -0.15) is 0 Å². The van der Waals surface area contributed by atoms with Crippen LogP contribution in [0.5, 0.6) is 0 Å². The largest absolute Gasteiger partial charge is 0.298 e. The van der Waals surface area contributed by atoms with Crippen LogP contribution in [0.25, 0.3) is 10.4 Å². The lowest BCUT2D eigenvalue weighted by Gasteiger charge is -1.96. The summed E-state index contributed by atoms with van der Waals surface area (Å²) in [6.07, 6.45) is 4.90. The van der Waals surface area contributed by atoms with E-state index in [-0.39, 0.29) is 0 Å². The van der Waals surface area contributed by atoms with Gasteiger partial charge in [0.1, 0.15) is 6.29 Å². The molecular formula is C13H13NOS. The van der Waals surface area contributed by atoms with Crippen LogP contribution in [0.15, 0.2) is 30.5 Å². The second kappa shape index (κ2) is 5.03. The molecule has 1 aromatic heterocycles. The number of aryl methyl sites for hydroxylation is 1. The SMILES string of the molecule is CCCc1ncc(-c2cccc(C=O)c2)s1. The monoisotopic (exact) mass is 231 g/mol. The van der Waals surface area contributed by atoms with Gasteiger partial charge < -0.3 is 0 Å². The Kier molecular flexibility index (Phi) is 3.47. The molecule has 0 saturated heterocycles. The zero-order valence-electron chi connectivity index (χ0n) is 9.14. The average molecular weight is 231 g/mol. The first-order valence-corrected chi connectivity index (χ1v) is 6.15. The van der Waals surface area contributed by atoms with Crippen LogP contribution in [-0.4, -0.2) is 11.3 Å². The summed E-state index contributed by atoms with van der Waals surface area (Å²) in [5.74, 6) is 0. The molecule has 2 rings (SSSR count). The van der Waals surface area contributed by atoms with Crippen LogP contribution in [0.1, 0.15) is 28.7 Å². The molecule has 2 nitrogen and oxygen atoms in total. The molecule has 2 aromatic rings. The summed E-state index contributed by atoms with van der Waals surface area (Å²) >= 11 is 1.70. The number of benzene rings is 1. The maximum atomic E-state index is 10.7. The van der Waals surface area contributed by atoms with Crippen LogP contribution in [0.3, 0.4) is 0 Å². The minimum absolute atomic E-state index is 0.711. The summed E-state index contributed by atoms with van der Waals surface area (Å²) < 4.78 is 0. The Morgan fingerprint density at radius 3 is 3.06 bits per heavy atom. The van der Waals surface area contributed by atoms with Crippen molar-refractivity contribution in [3.05, 3.63) is 41.0 Å². The molecule has 0 aliphatic rings. The highest BCUT2D eigenvalue weighted by atomic mass is 32.1. The van der Waals surface area contributed by atoms with Crippen LogP contribution in [0.2, 0.25) is 0 Å². The molecule has 82 valence electrons. The first-order chi connectivity index (χ1) is 7.83. The molecule has 1 aromatic carbocycles. The highest BCUT2D eigenvalue weighted by Gasteiger charge is 2.04. The van der Waals surface area contributed by atoms with E-state index >= 15 is 0 Å². The van der Waals surface area contributed by atoms with Crippen molar-refractivity contribution < 1.29 is 4.79 Å². The first kappa shape index (κ1) is 11.0. The van der Waals surface area contributed by atoms with E-state index < -0.39 is 0 Å². The molecule has 0 spiro atoms. The van der Waals surface area contributed by atoms with Crippen molar-refractivity contribution in [1.82, 2.24) is 4.98 Å². The zero-order valence-corrected chi connectivity index (χ0v) is 9.96. The summed E-state index contributed by atoms with van der Waals surface area (Å²) in [4.78, 5) is 16.2. The van der Waals surface area contributed by atoms with Crippen LogP contribution in [0, 0.1) is 0 Å². The number of nitrogens with zero attached hydrogens (tertiary/aromatic N) is 1. The Morgan fingerprint density at radius 1 is 1.44 bits per heavy atom. The molecule has 0 bridgehead atoms. The number of aldehydes is 1. The molecule has 0 N–H and O–H groups in total. The molecule has 3 heteroatoms. The van der Waals surface area contributed by atoms with Crippen molar-refractivity contribution in [1.29, 1.82) is 0 Å². The van der Waals surface area contributed by atoms with E-state index in [1.807, 2.05) is 30.5 Å². The third-order valence-corrected chi connectivity index (χ3v) is 3.43. The Hall–Kier alpha value is -1.48. The van der Waals surface area contributed by atoms with E-state index in [1.54, 1.807) is 11.3 Å². The van der Waals surface area contributed by atoms with E-state index in [9.17, 15) is 4.79 Å². The molecule has 0 saturated carbocycles. The van der Waals surface area contributed by atoms with Gasteiger partial charge in [-0.25, -0.2) is 4.98 Å². The van der Waals surface area contributed by atoms with Gasteiger partial charge in [0, 0.05) is 11.8 Å². The van der Waals surface area contributed by atoms with E-state index in [0.717, 1.165) is 34.6 Å². The van der Waals surface area contributed by atoms with E-state index in [2.05, 4.69) is 11.9 Å². The lowest BCUT2D eigenvalue weighted by molar-refractivity contribution is 0.112. The van der Waals surface area contributed by atoms with Crippen molar-refractivity contribution in [3.8, 4) is 10.4 Å². The zero-order chi connectivity index (χ0) is 11.4. The van der Waals surface area contributed by atoms with Crippen LogP contribution >= 0.6 is 11.3 Å². The van der Waals surface area contributed by atoms with E-state index in [4.69, 9.17) is 0 Å². The van der Waals surface area contributed by atoms with Gasteiger partial charge in [-0.3, -0.25) is 4.79 Å². The van der Waals surface area contributed by atoms with Crippen LogP contribution < -0.4 is 0 Å². The molecule has 0 fully saturated rings. The summed E-state index contributed by atoms with van der Waals surface area (Å²) in [5, 5.41) is 1.16. The number of hydrogen-bond donors (Lipinski definition) is 0. The van der Waals surface area contributed by atoms with Crippen molar-refractivity contribution in [3.63, 3.8) is 0 Å². The Balaban J connectivity index is 2.30. The molecule has 0 radical (unpaired) electrons. The number of hydrogen-bond acceptors (Lipinski definition) is 3. The number of carbonyl (C=O) groups is 1. The van der Waals surface area contributed by atoms with Crippen LogP contribution in [0.4, 0.5) is 0 Å². The summed E-state index contributed by atoms with van der Waals surface area (Å²) in [5.41, 5.74) is 1.78. The molecule has 1 heterocycles. The number of thiazole rings is 1. The smallest absolute Gasteiger partial charge is 0.150 e. The van der Waals surface area contributed by atoms with Gasteiger partial charge in [0.05, 0.1) is 9.88 Å². The highest BCUT2D eigenvalue weighted by molar-refractivity contribution is 7.15. The van der Waals surface area contributed by atoms with Gasteiger partial charge in [-0.05, 0) is 24.5 Å². The van der Waals surface area contributed by atoms with E-state index in [0.29, 0.717) is 5.56 Å². The highest BCUT2D eigenvalue weighted by Crippen LogP contribution is 2.27. The van der Waals surface area contributed by atoms with E-state index in [1.165, 1.54) is 0 Å². The van der Waals surface area contributed by atoms with Crippen molar-refractivity contribution in [2.75, 3.05) is 0 Å². The van der Waals surface area contributed by atoms with Gasteiger partial charge >= 0.3 is 0 Å². The lowest BCUT2D eigenvalue weighted by atomic mass is 10.1. The van der Waals surface area contributed by atoms with Crippen molar-refractivity contribution in [2.24, 2.45) is 0 Å². The molecule has 0 atom stereocenters. The molecule has 0 amide bonds. The molecule has 0 aliphatic heterocycles. The fourth-order valence-corrected chi connectivity index (χ4v) is 2.55. The molecule has 0 aliphatic carbocycles. The molecule has 16 heavy (non-hydrogen) atoms. The number of aromatic nitrogens is 1. The average Bonchev–Trinajstić information content (AvgIpc) is 2.78. The third kappa shape index (κ3) is 2.36. The third-order valence-electron chi connectivity index (χ3n) is 2.32. The van der Waals surface area contributed by atoms with Gasteiger partial charge in [0.2, 0.25) is 0 Å². The maximum absolute atomic E-state index is 10.7. The molecular weight excluding hydrogens is 218 g/mol. The van der Waals surface area contributed by atoms with Crippen molar-refractivity contribution >= 4 is 17.6 Å². The minimum atomic E-state index is 0.711. The fourth-order valence-electron chi connectivity index (χ4n) is 1.54. The standard InChI is InChI=1S/C13H13NOS/c1-2-4-13-14-8-12(16-13)11-6-3-5-10(7-11)9-15/h3,5-9H,2,4H2,1H3. The van der Waals surface area contributed by atoms with Gasteiger partial charge in [-0.15, -0.1) is 11.3 Å². The Bertz CT molecular complexity index is 490. The Labute approximate surface area is 99.0 Å². The number of carbonyl (C=O) groups excluding carboxylic acids is 1. The topological polar surface area (TPSA) is 30.0 Å². The predicted octanol–water partition coefficient (Wildman–Crippen LogP) is 3.58. The summed E-state index contributed by atoms with van der Waals surface area (Å²) in [6, 6.07) is 7.62. The Morgan fingerprint density at radius 2 is 2.31 bits per heavy atom. The van der Waals surface area contributed by atoms with Crippen LogP contribution in [-0.2, 0) is 6.42 Å². The molecule has 0 unspecified atom stereocenters. The predicted molar refractivity (Wildman–Crippen MR) is 66.9 cm³/mol. The van der Waals surface area contributed by atoms with Crippen molar-refractivity contribution in [2.45, 2.75) is 19.8 Å². The fraction of sp³-hybridized carbons (Fsp3) is 0.231. The number of rotatable bonds is 4. The maximum Gasteiger partial charge on any atom is 0.150 e. The van der Waals surface area contributed by atoms with Gasteiger partial charge in [-0.1, -0.05) is 25.1 Å². The normalized spacial score (nSPS) is 10.3. The quantitative estimate of drug-likeness (QED) is 0.753. The summed E-state index contributed by atoms with van der Waals surface area (Å²) in [7, 11) is 0. The second-order valence-electron chi connectivity index (χ2n) is 3.61. The lowest BCUT2D eigenvalue weighted by Crippen LogP contribution is -1.79. The minimum Gasteiger partial charge on any atom is -0.298 e. The van der Waals surface area contributed by atoms with Gasteiger partial charge in [0.25, 0.3) is 0 Å². The second-order valence-corrected chi connectivity index (χ2v) is 4.73.